The van der Waals surface area contributed by atoms with Crippen molar-refractivity contribution in [1.29, 1.82) is 0 Å². The average molecular weight is 260 g/mol. The summed E-state index contributed by atoms with van der Waals surface area (Å²) in [4.78, 5) is 8.75. The van der Waals surface area contributed by atoms with Crippen molar-refractivity contribution >= 4 is 11.8 Å². The molecule has 4 heteroatoms. The number of hydrogen-bond acceptors (Lipinski definition) is 4. The molecule has 0 aliphatic rings. The fraction of sp³-hybridized carbons (Fsp3) is 0.286. The first-order chi connectivity index (χ1) is 8.54. The van der Waals surface area contributed by atoms with Crippen molar-refractivity contribution in [3.63, 3.8) is 0 Å². The normalized spacial score (nSPS) is 12.4. The number of aryl methyl sites for hydroxylation is 2. The third-order valence-corrected chi connectivity index (χ3v) is 3.38. The second-order valence-corrected chi connectivity index (χ2v) is 5.37. The van der Waals surface area contributed by atoms with Crippen molar-refractivity contribution in [3.8, 4) is 0 Å². The van der Waals surface area contributed by atoms with Crippen LogP contribution in [0.1, 0.15) is 29.8 Å². The Hall–Kier alpha value is -1.39. The molecule has 2 heterocycles. The molecule has 94 valence electrons. The predicted octanol–water partition coefficient (Wildman–Crippen LogP) is 3.30. The van der Waals surface area contributed by atoms with Crippen LogP contribution in [0.2, 0.25) is 0 Å². The van der Waals surface area contributed by atoms with Gasteiger partial charge in [-0.1, -0.05) is 11.8 Å². The molecular formula is C14H16N2OS. The maximum absolute atomic E-state index is 9.55. The Labute approximate surface area is 111 Å². The van der Waals surface area contributed by atoms with E-state index in [4.69, 9.17) is 0 Å². The van der Waals surface area contributed by atoms with Gasteiger partial charge in [0.15, 0.2) is 0 Å². The molecule has 0 saturated heterocycles. The Morgan fingerprint density at radius 3 is 2.61 bits per heavy atom. The summed E-state index contributed by atoms with van der Waals surface area (Å²) in [7, 11) is 0. The van der Waals surface area contributed by atoms with Gasteiger partial charge >= 0.3 is 0 Å². The van der Waals surface area contributed by atoms with E-state index in [1.54, 1.807) is 13.1 Å². The fourth-order valence-corrected chi connectivity index (χ4v) is 2.66. The molecule has 0 amide bonds. The van der Waals surface area contributed by atoms with Crippen LogP contribution in [0.4, 0.5) is 0 Å². The number of rotatable bonds is 3. The second-order valence-electron chi connectivity index (χ2n) is 4.33. The topological polar surface area (TPSA) is 46.0 Å². The lowest BCUT2D eigenvalue weighted by Gasteiger charge is -2.07. The molecule has 1 atom stereocenters. The van der Waals surface area contributed by atoms with Crippen LogP contribution < -0.4 is 0 Å². The molecule has 2 rings (SSSR count). The molecule has 2 aromatic heterocycles. The fourth-order valence-electron chi connectivity index (χ4n) is 1.70. The van der Waals surface area contributed by atoms with E-state index in [1.807, 2.05) is 31.2 Å². The van der Waals surface area contributed by atoms with Crippen molar-refractivity contribution in [3.05, 3.63) is 47.3 Å². The molecule has 3 nitrogen and oxygen atoms in total. The van der Waals surface area contributed by atoms with E-state index in [-0.39, 0.29) is 0 Å². The Morgan fingerprint density at radius 2 is 1.94 bits per heavy atom. The van der Waals surface area contributed by atoms with Crippen LogP contribution in [0.3, 0.4) is 0 Å². The smallest absolute Gasteiger partial charge is 0.103 e. The summed E-state index contributed by atoms with van der Waals surface area (Å²) in [6.45, 7) is 5.79. The van der Waals surface area contributed by atoms with Crippen LogP contribution in [0.25, 0.3) is 0 Å². The Morgan fingerprint density at radius 1 is 1.17 bits per heavy atom. The van der Waals surface area contributed by atoms with Crippen LogP contribution in [0.15, 0.2) is 40.5 Å². The molecule has 0 spiro atoms. The highest BCUT2D eigenvalue weighted by molar-refractivity contribution is 7.99. The van der Waals surface area contributed by atoms with Crippen molar-refractivity contribution in [2.75, 3.05) is 0 Å². The SMILES string of the molecule is Cc1cc(C)nc(Sc2cc([C@H](C)O)ccn2)c1. The molecule has 0 fully saturated rings. The molecule has 0 aromatic carbocycles. The van der Waals surface area contributed by atoms with E-state index in [2.05, 4.69) is 16.9 Å². The minimum Gasteiger partial charge on any atom is -0.389 e. The highest BCUT2D eigenvalue weighted by atomic mass is 32.2. The van der Waals surface area contributed by atoms with Crippen molar-refractivity contribution < 1.29 is 5.11 Å². The zero-order valence-corrected chi connectivity index (χ0v) is 11.5. The summed E-state index contributed by atoms with van der Waals surface area (Å²) in [5.41, 5.74) is 3.07. The molecule has 0 saturated carbocycles. The van der Waals surface area contributed by atoms with E-state index in [0.29, 0.717) is 0 Å². The van der Waals surface area contributed by atoms with Gasteiger partial charge in [-0.05, 0) is 56.2 Å². The molecule has 0 bridgehead atoms. The standard InChI is InChI=1S/C14H16N2OS/c1-9-6-10(2)16-14(7-9)18-13-8-12(11(3)17)4-5-15-13/h4-8,11,17H,1-3H3/t11-/m0/s1. The molecule has 0 radical (unpaired) electrons. The summed E-state index contributed by atoms with van der Waals surface area (Å²) >= 11 is 1.51. The highest BCUT2D eigenvalue weighted by Gasteiger charge is 2.05. The van der Waals surface area contributed by atoms with Crippen LogP contribution in [-0.2, 0) is 0 Å². The lowest BCUT2D eigenvalue weighted by molar-refractivity contribution is 0.199. The molecule has 18 heavy (non-hydrogen) atoms. The van der Waals surface area contributed by atoms with E-state index >= 15 is 0 Å². The van der Waals surface area contributed by atoms with Gasteiger partial charge in [-0.25, -0.2) is 9.97 Å². The number of hydrogen-bond donors (Lipinski definition) is 1. The van der Waals surface area contributed by atoms with Crippen molar-refractivity contribution in [2.45, 2.75) is 36.9 Å². The number of aliphatic hydroxyl groups excluding tert-OH is 1. The maximum atomic E-state index is 9.55. The van der Waals surface area contributed by atoms with Crippen LogP contribution >= 0.6 is 11.8 Å². The van der Waals surface area contributed by atoms with Gasteiger partial charge in [-0.3, -0.25) is 0 Å². The molecular weight excluding hydrogens is 244 g/mol. The Bertz CT molecular complexity index is 535. The van der Waals surface area contributed by atoms with E-state index in [9.17, 15) is 5.11 Å². The summed E-state index contributed by atoms with van der Waals surface area (Å²) in [6, 6.07) is 7.80. The van der Waals surface area contributed by atoms with Gasteiger partial charge in [0, 0.05) is 11.9 Å². The molecule has 0 aliphatic heterocycles. The number of pyridine rings is 2. The number of aliphatic hydroxyl groups is 1. The van der Waals surface area contributed by atoms with Crippen molar-refractivity contribution in [2.24, 2.45) is 0 Å². The Kier molecular flexibility index (Phi) is 3.99. The maximum Gasteiger partial charge on any atom is 0.103 e. The lowest BCUT2D eigenvalue weighted by atomic mass is 10.2. The predicted molar refractivity (Wildman–Crippen MR) is 72.7 cm³/mol. The first kappa shape index (κ1) is 13.1. The average Bonchev–Trinajstić information content (AvgIpc) is 2.27. The van der Waals surface area contributed by atoms with E-state index < -0.39 is 6.10 Å². The molecule has 0 aliphatic carbocycles. The van der Waals surface area contributed by atoms with Crippen LogP contribution in [0.5, 0.6) is 0 Å². The van der Waals surface area contributed by atoms with Gasteiger partial charge < -0.3 is 5.11 Å². The third kappa shape index (κ3) is 3.31. The van der Waals surface area contributed by atoms with E-state index in [0.717, 1.165) is 21.3 Å². The molecule has 0 unspecified atom stereocenters. The van der Waals surface area contributed by atoms with Gasteiger partial charge in [0.1, 0.15) is 10.1 Å². The van der Waals surface area contributed by atoms with Crippen LogP contribution in [-0.4, -0.2) is 15.1 Å². The van der Waals surface area contributed by atoms with Gasteiger partial charge in [-0.2, -0.15) is 0 Å². The second kappa shape index (κ2) is 5.50. The monoisotopic (exact) mass is 260 g/mol. The van der Waals surface area contributed by atoms with E-state index in [1.165, 1.54) is 17.3 Å². The summed E-state index contributed by atoms with van der Waals surface area (Å²) in [5, 5.41) is 11.3. The third-order valence-electron chi connectivity index (χ3n) is 2.52. The lowest BCUT2D eigenvalue weighted by Crippen LogP contribution is -1.93. The van der Waals surface area contributed by atoms with Gasteiger partial charge in [0.2, 0.25) is 0 Å². The highest BCUT2D eigenvalue weighted by Crippen LogP contribution is 2.27. The molecule has 2 aromatic rings. The largest absolute Gasteiger partial charge is 0.389 e. The van der Waals surface area contributed by atoms with Gasteiger partial charge in [0.05, 0.1) is 6.10 Å². The summed E-state index contributed by atoms with van der Waals surface area (Å²) in [5.74, 6) is 0. The van der Waals surface area contributed by atoms with Crippen LogP contribution in [0, 0.1) is 13.8 Å². The Balaban J connectivity index is 2.25. The minimum atomic E-state index is -0.473. The van der Waals surface area contributed by atoms with Gasteiger partial charge in [-0.15, -0.1) is 0 Å². The zero-order chi connectivity index (χ0) is 13.1. The van der Waals surface area contributed by atoms with Gasteiger partial charge in [0.25, 0.3) is 0 Å². The number of aromatic nitrogens is 2. The number of nitrogens with zero attached hydrogens (tertiary/aromatic N) is 2. The first-order valence-electron chi connectivity index (χ1n) is 5.82. The van der Waals surface area contributed by atoms with Crippen molar-refractivity contribution in [1.82, 2.24) is 9.97 Å². The minimum absolute atomic E-state index is 0.473. The quantitative estimate of drug-likeness (QED) is 0.919. The zero-order valence-electron chi connectivity index (χ0n) is 10.7. The summed E-state index contributed by atoms with van der Waals surface area (Å²) in [6.07, 6.45) is 1.24. The first-order valence-corrected chi connectivity index (χ1v) is 6.63. The summed E-state index contributed by atoms with van der Waals surface area (Å²) < 4.78 is 0. The molecule has 1 N–H and O–H groups in total.